The number of ether oxygens (including phenoxy) is 1. The molecule has 0 saturated heterocycles. The summed E-state index contributed by atoms with van der Waals surface area (Å²) in [6.07, 6.45) is 0. The lowest BCUT2D eigenvalue weighted by Gasteiger charge is -2.13. The first-order chi connectivity index (χ1) is 15.0. The second kappa shape index (κ2) is 8.40. The van der Waals surface area contributed by atoms with Crippen LogP contribution in [0.2, 0.25) is 0 Å². The number of nitrogens with zero attached hydrogens (tertiary/aromatic N) is 1. The lowest BCUT2D eigenvalue weighted by molar-refractivity contribution is 0.0600. The number of amides is 1. The number of carbonyl (C=O) groups is 2. The third-order valence-electron chi connectivity index (χ3n) is 5.22. The number of rotatable bonds is 4. The Balaban J connectivity index is 1.77. The van der Waals surface area contributed by atoms with Gasteiger partial charge in [-0.2, -0.15) is 0 Å². The van der Waals surface area contributed by atoms with E-state index in [0.717, 1.165) is 33.3 Å². The summed E-state index contributed by atoms with van der Waals surface area (Å²) in [5.41, 5.74) is 5.86. The fourth-order valence-corrected chi connectivity index (χ4v) is 3.43. The SMILES string of the molecule is COC(=O)c1ccc(C)c(NC(=O)c2cc(-c3ccc(C)cc3)nc3ccccc23)c1. The van der Waals surface area contributed by atoms with Crippen LogP contribution in [0.15, 0.2) is 72.8 Å². The Morgan fingerprint density at radius 2 is 1.65 bits per heavy atom. The third-order valence-corrected chi connectivity index (χ3v) is 5.22. The molecule has 0 aliphatic carbocycles. The molecule has 4 aromatic rings. The van der Waals surface area contributed by atoms with Gasteiger partial charge in [0, 0.05) is 16.6 Å². The topological polar surface area (TPSA) is 68.3 Å². The lowest BCUT2D eigenvalue weighted by Crippen LogP contribution is -2.14. The summed E-state index contributed by atoms with van der Waals surface area (Å²) in [6.45, 7) is 3.90. The molecule has 5 nitrogen and oxygen atoms in total. The maximum atomic E-state index is 13.3. The smallest absolute Gasteiger partial charge is 0.337 e. The van der Waals surface area contributed by atoms with Crippen LogP contribution in [-0.2, 0) is 4.74 Å². The van der Waals surface area contributed by atoms with Gasteiger partial charge in [0.25, 0.3) is 5.91 Å². The predicted octanol–water partition coefficient (Wildman–Crippen LogP) is 5.56. The summed E-state index contributed by atoms with van der Waals surface area (Å²) in [6, 6.07) is 22.5. The summed E-state index contributed by atoms with van der Waals surface area (Å²) < 4.78 is 4.79. The molecular formula is C26H22N2O3. The highest BCUT2D eigenvalue weighted by Gasteiger charge is 2.16. The largest absolute Gasteiger partial charge is 0.465 e. The van der Waals surface area contributed by atoms with E-state index in [9.17, 15) is 9.59 Å². The van der Waals surface area contributed by atoms with Gasteiger partial charge in [-0.05, 0) is 43.7 Å². The van der Waals surface area contributed by atoms with Crippen LogP contribution in [0.3, 0.4) is 0 Å². The van der Waals surface area contributed by atoms with Gasteiger partial charge in [-0.25, -0.2) is 9.78 Å². The minimum Gasteiger partial charge on any atom is -0.465 e. The standard InChI is InChI=1S/C26H22N2O3/c1-16-8-11-18(12-9-16)24-15-21(20-6-4-5-7-22(20)27-24)25(29)28-23-14-19(26(30)31-3)13-10-17(23)2/h4-15H,1-3H3,(H,28,29). The van der Waals surface area contributed by atoms with E-state index >= 15 is 0 Å². The normalized spacial score (nSPS) is 10.7. The number of benzene rings is 3. The second-order valence-corrected chi connectivity index (χ2v) is 7.41. The Bertz CT molecular complexity index is 1290. The fraction of sp³-hybridized carbons (Fsp3) is 0.115. The van der Waals surface area contributed by atoms with Crippen LogP contribution in [0.4, 0.5) is 5.69 Å². The number of nitrogens with one attached hydrogen (secondary N) is 1. The zero-order valence-electron chi connectivity index (χ0n) is 17.6. The highest BCUT2D eigenvalue weighted by Crippen LogP contribution is 2.27. The molecule has 31 heavy (non-hydrogen) atoms. The van der Waals surface area contributed by atoms with Crippen LogP contribution in [0.25, 0.3) is 22.2 Å². The number of fused-ring (bicyclic) bond motifs is 1. The van der Waals surface area contributed by atoms with E-state index in [1.54, 1.807) is 18.2 Å². The van der Waals surface area contributed by atoms with Gasteiger partial charge in [-0.15, -0.1) is 0 Å². The predicted molar refractivity (Wildman–Crippen MR) is 122 cm³/mol. The van der Waals surface area contributed by atoms with Crippen molar-refractivity contribution < 1.29 is 14.3 Å². The monoisotopic (exact) mass is 410 g/mol. The van der Waals surface area contributed by atoms with Gasteiger partial charge in [-0.1, -0.05) is 54.1 Å². The zero-order valence-corrected chi connectivity index (χ0v) is 17.6. The molecule has 1 N–H and O–H groups in total. The maximum Gasteiger partial charge on any atom is 0.337 e. The average molecular weight is 410 g/mol. The lowest BCUT2D eigenvalue weighted by atomic mass is 10.0. The summed E-state index contributed by atoms with van der Waals surface area (Å²) >= 11 is 0. The minimum atomic E-state index is -0.452. The van der Waals surface area contributed by atoms with E-state index in [4.69, 9.17) is 9.72 Å². The summed E-state index contributed by atoms with van der Waals surface area (Å²) in [5.74, 6) is -0.719. The number of aromatic nitrogens is 1. The number of methoxy groups -OCH3 is 1. The molecule has 3 aromatic carbocycles. The van der Waals surface area contributed by atoms with E-state index in [1.165, 1.54) is 7.11 Å². The molecule has 1 heterocycles. The minimum absolute atomic E-state index is 0.267. The molecular weight excluding hydrogens is 388 g/mol. The van der Waals surface area contributed by atoms with Crippen molar-refractivity contribution in [1.82, 2.24) is 4.98 Å². The Morgan fingerprint density at radius 3 is 2.39 bits per heavy atom. The van der Waals surface area contributed by atoms with Gasteiger partial charge >= 0.3 is 5.97 Å². The molecule has 0 fully saturated rings. The van der Waals surface area contributed by atoms with Crippen LogP contribution in [0.5, 0.6) is 0 Å². The number of esters is 1. The zero-order chi connectivity index (χ0) is 22.0. The molecule has 0 spiro atoms. The van der Waals surface area contributed by atoms with Gasteiger partial charge in [0.05, 0.1) is 29.4 Å². The van der Waals surface area contributed by atoms with E-state index < -0.39 is 5.97 Å². The van der Waals surface area contributed by atoms with Gasteiger partial charge < -0.3 is 10.1 Å². The van der Waals surface area contributed by atoms with Gasteiger partial charge in [-0.3, -0.25) is 4.79 Å². The van der Waals surface area contributed by atoms with Crippen molar-refractivity contribution in [1.29, 1.82) is 0 Å². The number of hydrogen-bond donors (Lipinski definition) is 1. The number of aryl methyl sites for hydroxylation is 2. The Hall–Kier alpha value is -3.99. The highest BCUT2D eigenvalue weighted by atomic mass is 16.5. The number of carbonyl (C=O) groups excluding carboxylic acids is 2. The van der Waals surface area contributed by atoms with Crippen molar-refractivity contribution in [2.24, 2.45) is 0 Å². The molecule has 4 rings (SSSR count). The second-order valence-electron chi connectivity index (χ2n) is 7.41. The number of para-hydroxylation sites is 1. The first-order valence-electron chi connectivity index (χ1n) is 9.93. The van der Waals surface area contributed by atoms with Crippen LogP contribution in [0, 0.1) is 13.8 Å². The van der Waals surface area contributed by atoms with E-state index in [0.29, 0.717) is 16.8 Å². The van der Waals surface area contributed by atoms with Crippen molar-refractivity contribution in [3.63, 3.8) is 0 Å². The molecule has 0 unspecified atom stereocenters. The van der Waals surface area contributed by atoms with Gasteiger partial charge in [0.2, 0.25) is 0 Å². The number of pyridine rings is 1. The molecule has 1 aromatic heterocycles. The molecule has 0 saturated carbocycles. The molecule has 0 aliphatic rings. The van der Waals surface area contributed by atoms with E-state index in [2.05, 4.69) is 5.32 Å². The van der Waals surface area contributed by atoms with Crippen molar-refractivity contribution in [2.75, 3.05) is 12.4 Å². The van der Waals surface area contributed by atoms with Crippen LogP contribution in [0.1, 0.15) is 31.8 Å². The third kappa shape index (κ3) is 4.16. The number of anilines is 1. The van der Waals surface area contributed by atoms with Crippen LogP contribution in [-0.4, -0.2) is 24.0 Å². The molecule has 0 bridgehead atoms. The molecule has 154 valence electrons. The molecule has 0 aliphatic heterocycles. The highest BCUT2D eigenvalue weighted by molar-refractivity contribution is 6.13. The number of hydrogen-bond acceptors (Lipinski definition) is 4. The molecule has 0 radical (unpaired) electrons. The fourth-order valence-electron chi connectivity index (χ4n) is 3.43. The average Bonchev–Trinajstić information content (AvgIpc) is 2.79. The van der Waals surface area contributed by atoms with Crippen molar-refractivity contribution >= 4 is 28.5 Å². The van der Waals surface area contributed by atoms with Crippen molar-refractivity contribution in [3.8, 4) is 11.3 Å². The molecule has 1 amide bonds. The van der Waals surface area contributed by atoms with Gasteiger partial charge in [0.1, 0.15) is 0 Å². The Kier molecular flexibility index (Phi) is 5.50. The quantitative estimate of drug-likeness (QED) is 0.448. The summed E-state index contributed by atoms with van der Waals surface area (Å²) in [7, 11) is 1.33. The van der Waals surface area contributed by atoms with Gasteiger partial charge in [0.15, 0.2) is 0 Å². The van der Waals surface area contributed by atoms with Crippen LogP contribution >= 0.6 is 0 Å². The van der Waals surface area contributed by atoms with E-state index in [-0.39, 0.29) is 5.91 Å². The maximum absolute atomic E-state index is 13.3. The first-order valence-corrected chi connectivity index (χ1v) is 9.93. The Morgan fingerprint density at radius 1 is 0.903 bits per heavy atom. The van der Waals surface area contributed by atoms with Crippen LogP contribution < -0.4 is 5.32 Å². The Labute approximate surface area is 180 Å². The first kappa shape index (κ1) is 20.3. The summed E-state index contributed by atoms with van der Waals surface area (Å²) in [5, 5.41) is 3.71. The summed E-state index contributed by atoms with van der Waals surface area (Å²) in [4.78, 5) is 30.0. The van der Waals surface area contributed by atoms with Crippen molar-refractivity contribution in [3.05, 3.63) is 95.1 Å². The molecule has 5 heteroatoms. The molecule has 0 atom stereocenters. The van der Waals surface area contributed by atoms with E-state index in [1.807, 2.05) is 68.4 Å². The van der Waals surface area contributed by atoms with Crippen molar-refractivity contribution in [2.45, 2.75) is 13.8 Å².